The van der Waals surface area contributed by atoms with Crippen LogP contribution in [-0.4, -0.2) is 21.7 Å². The first-order chi connectivity index (χ1) is 9.49. The molecular weight excluding hydrogens is 309 g/mol. The molecular formula is C11H11F3N4S2. The molecule has 0 aliphatic carbocycles. The van der Waals surface area contributed by atoms with Gasteiger partial charge in [0.2, 0.25) is 5.13 Å². The molecule has 0 aliphatic heterocycles. The molecule has 1 N–H and O–H groups in total. The van der Waals surface area contributed by atoms with E-state index in [9.17, 15) is 13.2 Å². The second-order valence-corrected chi connectivity index (χ2v) is 5.76. The molecule has 0 atom stereocenters. The van der Waals surface area contributed by atoms with Crippen LogP contribution in [0.1, 0.15) is 17.5 Å². The minimum atomic E-state index is -4.35. The number of pyridine rings is 1. The summed E-state index contributed by atoms with van der Waals surface area (Å²) in [4.78, 5) is 3.79. The lowest BCUT2D eigenvalue weighted by molar-refractivity contribution is -0.137. The Morgan fingerprint density at radius 2 is 2.10 bits per heavy atom. The van der Waals surface area contributed by atoms with Crippen LogP contribution < -0.4 is 5.32 Å². The molecule has 2 heterocycles. The van der Waals surface area contributed by atoms with Gasteiger partial charge in [-0.15, -0.1) is 10.2 Å². The van der Waals surface area contributed by atoms with Crippen molar-refractivity contribution in [3.63, 3.8) is 0 Å². The summed E-state index contributed by atoms with van der Waals surface area (Å²) < 4.78 is 37.1. The molecule has 0 bridgehead atoms. The van der Waals surface area contributed by atoms with E-state index in [2.05, 4.69) is 20.5 Å². The van der Waals surface area contributed by atoms with Crippen LogP contribution in [-0.2, 0) is 11.9 Å². The van der Waals surface area contributed by atoms with Crippen LogP contribution in [0.4, 0.5) is 18.3 Å². The topological polar surface area (TPSA) is 50.7 Å². The van der Waals surface area contributed by atoms with Crippen molar-refractivity contribution < 1.29 is 13.2 Å². The van der Waals surface area contributed by atoms with Crippen LogP contribution in [0.25, 0.3) is 0 Å². The summed E-state index contributed by atoms with van der Waals surface area (Å²) in [6.07, 6.45) is -3.51. The Hall–Kier alpha value is -1.35. The lowest BCUT2D eigenvalue weighted by Crippen LogP contribution is -2.05. The molecule has 0 radical (unpaired) electrons. The van der Waals surface area contributed by atoms with Crippen molar-refractivity contribution >= 4 is 28.2 Å². The van der Waals surface area contributed by atoms with E-state index in [0.717, 1.165) is 28.9 Å². The zero-order chi connectivity index (χ0) is 14.6. The molecule has 0 saturated carbocycles. The number of hydrogen-bond donors (Lipinski definition) is 1. The van der Waals surface area contributed by atoms with Gasteiger partial charge in [0.25, 0.3) is 0 Å². The van der Waals surface area contributed by atoms with E-state index in [0.29, 0.717) is 10.8 Å². The van der Waals surface area contributed by atoms with Crippen molar-refractivity contribution in [1.82, 2.24) is 15.2 Å². The number of nitrogens with one attached hydrogen (secondary N) is 1. The van der Waals surface area contributed by atoms with E-state index in [4.69, 9.17) is 0 Å². The molecule has 20 heavy (non-hydrogen) atoms. The van der Waals surface area contributed by atoms with Gasteiger partial charge < -0.3 is 5.32 Å². The normalized spacial score (nSPS) is 11.6. The largest absolute Gasteiger partial charge is 0.417 e. The van der Waals surface area contributed by atoms with Crippen molar-refractivity contribution in [2.45, 2.75) is 23.9 Å². The Kier molecular flexibility index (Phi) is 4.81. The lowest BCUT2D eigenvalue weighted by atomic mass is 10.3. The number of hydrogen-bond acceptors (Lipinski definition) is 6. The zero-order valence-corrected chi connectivity index (χ0v) is 12.1. The number of thioether (sulfide) groups is 1. The van der Waals surface area contributed by atoms with Crippen LogP contribution in [0, 0.1) is 0 Å². The van der Waals surface area contributed by atoms with E-state index in [1.54, 1.807) is 0 Å². The standard InChI is InChI=1S/C11H11F3N4S2/c1-2-15-10-18-17-9(20-10)6-19-8-4-3-7(5-16-8)11(12,13)14/h3-5H,2,6H2,1H3,(H,15,18). The average molecular weight is 320 g/mol. The van der Waals surface area contributed by atoms with Crippen LogP contribution in [0.3, 0.4) is 0 Å². The minimum absolute atomic E-state index is 0.526. The van der Waals surface area contributed by atoms with Gasteiger partial charge in [-0.05, 0) is 19.1 Å². The van der Waals surface area contributed by atoms with E-state index in [1.807, 2.05) is 6.92 Å². The summed E-state index contributed by atoms with van der Waals surface area (Å²) in [7, 11) is 0. The van der Waals surface area contributed by atoms with Crippen molar-refractivity contribution in [1.29, 1.82) is 0 Å². The van der Waals surface area contributed by atoms with Crippen LogP contribution in [0.2, 0.25) is 0 Å². The molecule has 0 aromatic carbocycles. The van der Waals surface area contributed by atoms with Gasteiger partial charge in [-0.25, -0.2) is 4.98 Å². The lowest BCUT2D eigenvalue weighted by Gasteiger charge is -2.06. The summed E-state index contributed by atoms with van der Waals surface area (Å²) in [6.45, 7) is 2.73. The molecule has 9 heteroatoms. The molecule has 0 saturated heterocycles. The number of anilines is 1. The first-order valence-electron chi connectivity index (χ1n) is 5.71. The average Bonchev–Trinajstić information content (AvgIpc) is 2.84. The first-order valence-corrected chi connectivity index (χ1v) is 7.51. The fourth-order valence-corrected chi connectivity index (χ4v) is 2.94. The predicted octanol–water partition coefficient (Wildman–Crippen LogP) is 3.68. The predicted molar refractivity (Wildman–Crippen MR) is 72.9 cm³/mol. The van der Waals surface area contributed by atoms with E-state index in [1.165, 1.54) is 29.2 Å². The van der Waals surface area contributed by atoms with E-state index >= 15 is 0 Å². The van der Waals surface area contributed by atoms with Crippen molar-refractivity contribution in [3.8, 4) is 0 Å². The molecule has 2 aromatic heterocycles. The summed E-state index contributed by atoms with van der Waals surface area (Å²) in [5.74, 6) is 0.529. The van der Waals surface area contributed by atoms with Gasteiger partial charge in [0.15, 0.2) is 0 Å². The number of rotatable bonds is 5. The summed E-state index contributed by atoms with van der Waals surface area (Å²) in [5, 5.41) is 13.0. The van der Waals surface area contributed by atoms with Gasteiger partial charge in [0.05, 0.1) is 16.3 Å². The van der Waals surface area contributed by atoms with Crippen LogP contribution in [0.15, 0.2) is 23.4 Å². The van der Waals surface area contributed by atoms with Crippen molar-refractivity contribution in [3.05, 3.63) is 28.9 Å². The van der Waals surface area contributed by atoms with Gasteiger partial charge in [-0.3, -0.25) is 0 Å². The Balaban J connectivity index is 1.93. The zero-order valence-electron chi connectivity index (χ0n) is 10.4. The maximum Gasteiger partial charge on any atom is 0.417 e. The molecule has 4 nitrogen and oxygen atoms in total. The first kappa shape index (κ1) is 15.0. The number of aromatic nitrogens is 3. The van der Waals surface area contributed by atoms with Crippen LogP contribution in [0.5, 0.6) is 0 Å². The van der Waals surface area contributed by atoms with E-state index < -0.39 is 11.7 Å². The van der Waals surface area contributed by atoms with Crippen LogP contribution >= 0.6 is 23.1 Å². The fraction of sp³-hybridized carbons (Fsp3) is 0.364. The molecule has 0 unspecified atom stereocenters. The molecule has 0 amide bonds. The Morgan fingerprint density at radius 1 is 1.30 bits per heavy atom. The van der Waals surface area contributed by atoms with Crippen molar-refractivity contribution in [2.24, 2.45) is 0 Å². The number of nitrogens with zero attached hydrogens (tertiary/aromatic N) is 3. The molecule has 0 aliphatic rings. The summed E-state index contributed by atoms with van der Waals surface area (Å²) >= 11 is 2.75. The summed E-state index contributed by atoms with van der Waals surface area (Å²) in [6, 6.07) is 2.39. The second kappa shape index (κ2) is 6.40. The molecule has 2 aromatic rings. The smallest absolute Gasteiger partial charge is 0.360 e. The van der Waals surface area contributed by atoms with Gasteiger partial charge in [-0.2, -0.15) is 13.2 Å². The second-order valence-electron chi connectivity index (χ2n) is 3.70. The third kappa shape index (κ3) is 4.07. The maximum atomic E-state index is 12.4. The van der Waals surface area contributed by atoms with Gasteiger partial charge in [0.1, 0.15) is 5.01 Å². The highest BCUT2D eigenvalue weighted by molar-refractivity contribution is 7.98. The Labute approximate surface area is 121 Å². The quantitative estimate of drug-likeness (QED) is 0.852. The molecule has 2 rings (SSSR count). The summed E-state index contributed by atoms with van der Waals surface area (Å²) in [5.41, 5.74) is -0.743. The third-order valence-electron chi connectivity index (χ3n) is 2.20. The third-order valence-corrected chi connectivity index (χ3v) is 4.22. The highest BCUT2D eigenvalue weighted by Crippen LogP contribution is 2.30. The maximum absolute atomic E-state index is 12.4. The number of halogens is 3. The van der Waals surface area contributed by atoms with Gasteiger partial charge in [0, 0.05) is 12.7 Å². The van der Waals surface area contributed by atoms with Gasteiger partial charge in [-0.1, -0.05) is 23.1 Å². The van der Waals surface area contributed by atoms with Gasteiger partial charge >= 0.3 is 6.18 Å². The molecule has 108 valence electrons. The monoisotopic (exact) mass is 320 g/mol. The minimum Gasteiger partial charge on any atom is -0.360 e. The van der Waals surface area contributed by atoms with Crippen molar-refractivity contribution in [2.75, 3.05) is 11.9 Å². The fourth-order valence-electron chi connectivity index (χ4n) is 1.30. The number of alkyl halides is 3. The SMILES string of the molecule is CCNc1nnc(CSc2ccc(C(F)(F)F)cn2)s1. The Morgan fingerprint density at radius 3 is 2.70 bits per heavy atom. The molecule has 0 spiro atoms. The van der Waals surface area contributed by atoms with E-state index in [-0.39, 0.29) is 0 Å². The molecule has 0 fully saturated rings. The highest BCUT2D eigenvalue weighted by Gasteiger charge is 2.30. The highest BCUT2D eigenvalue weighted by atomic mass is 32.2. The Bertz CT molecular complexity index is 554.